The number of alkyl halides is 1. The number of esters is 2. The number of halogens is 1. The molecule has 15 heavy (non-hydrogen) atoms. The fraction of sp³-hybridized carbons (Fsp3) is 0.800. The lowest BCUT2D eigenvalue weighted by atomic mass is 9.94. The molecule has 1 saturated carbocycles. The largest absolute Gasteiger partial charge is 0.423 e. The number of hydrogen-bond donors (Lipinski definition) is 0. The van der Waals surface area contributed by atoms with Crippen LogP contribution in [0, 0.1) is 0 Å². The summed E-state index contributed by atoms with van der Waals surface area (Å²) in [5, 5.41) is 0. The average Bonchev–Trinajstić information content (AvgIpc) is 2.08. The van der Waals surface area contributed by atoms with E-state index in [1.54, 1.807) is 0 Å². The highest BCUT2D eigenvalue weighted by atomic mass is 127. The molecular formula is C10H15IO4. The zero-order chi connectivity index (χ0) is 11.5. The Morgan fingerprint density at radius 3 is 1.87 bits per heavy atom. The fourth-order valence-electron chi connectivity index (χ4n) is 1.77. The molecule has 0 N–H and O–H groups in total. The van der Waals surface area contributed by atoms with Gasteiger partial charge in [-0.1, -0.05) is 22.6 Å². The van der Waals surface area contributed by atoms with Gasteiger partial charge in [-0.3, -0.25) is 9.59 Å². The molecule has 0 aromatic rings. The number of hydrogen-bond acceptors (Lipinski definition) is 4. The van der Waals surface area contributed by atoms with Crippen molar-refractivity contribution in [1.82, 2.24) is 0 Å². The highest BCUT2D eigenvalue weighted by Gasteiger charge is 2.40. The topological polar surface area (TPSA) is 52.6 Å². The van der Waals surface area contributed by atoms with E-state index in [4.69, 9.17) is 9.47 Å². The first-order valence-electron chi connectivity index (χ1n) is 4.97. The molecular weight excluding hydrogens is 311 g/mol. The van der Waals surface area contributed by atoms with Crippen LogP contribution in [-0.2, 0) is 19.1 Å². The molecule has 0 radical (unpaired) electrons. The van der Waals surface area contributed by atoms with E-state index in [1.165, 1.54) is 13.8 Å². The summed E-state index contributed by atoms with van der Waals surface area (Å²) in [5.41, 5.74) is 0. The third-order valence-corrected chi connectivity index (χ3v) is 3.58. The molecule has 1 aliphatic carbocycles. The second-order valence-electron chi connectivity index (χ2n) is 3.77. The van der Waals surface area contributed by atoms with E-state index >= 15 is 0 Å². The van der Waals surface area contributed by atoms with E-state index in [1.807, 2.05) is 0 Å². The SMILES string of the molecule is CC(=O)OC1(OC(C)=O)CCC(I)CC1. The van der Waals surface area contributed by atoms with Gasteiger partial charge in [-0.2, -0.15) is 0 Å². The summed E-state index contributed by atoms with van der Waals surface area (Å²) in [4.78, 5) is 21.9. The zero-order valence-electron chi connectivity index (χ0n) is 8.92. The number of carbonyl (C=O) groups is 2. The van der Waals surface area contributed by atoms with Crippen LogP contribution in [0.5, 0.6) is 0 Å². The van der Waals surface area contributed by atoms with Crippen molar-refractivity contribution in [3.63, 3.8) is 0 Å². The number of ether oxygens (including phenoxy) is 2. The molecule has 0 saturated heterocycles. The predicted molar refractivity (Wildman–Crippen MR) is 62.5 cm³/mol. The summed E-state index contributed by atoms with van der Waals surface area (Å²) in [6, 6.07) is 0. The van der Waals surface area contributed by atoms with E-state index < -0.39 is 17.7 Å². The quantitative estimate of drug-likeness (QED) is 0.338. The molecule has 5 heteroatoms. The first-order chi connectivity index (χ1) is 6.93. The van der Waals surface area contributed by atoms with Gasteiger partial charge in [0, 0.05) is 30.6 Å². The van der Waals surface area contributed by atoms with Gasteiger partial charge in [-0.25, -0.2) is 0 Å². The van der Waals surface area contributed by atoms with Gasteiger partial charge in [-0.15, -0.1) is 0 Å². The van der Waals surface area contributed by atoms with Crippen LogP contribution < -0.4 is 0 Å². The first-order valence-corrected chi connectivity index (χ1v) is 6.21. The van der Waals surface area contributed by atoms with Crippen molar-refractivity contribution in [3.05, 3.63) is 0 Å². The Hall–Kier alpha value is -0.330. The minimum absolute atomic E-state index is 0.400. The summed E-state index contributed by atoms with van der Waals surface area (Å²) < 4.78 is 10.9. The molecule has 1 aliphatic rings. The molecule has 0 amide bonds. The maximum absolute atomic E-state index is 11.0. The van der Waals surface area contributed by atoms with Crippen LogP contribution in [0.2, 0.25) is 0 Å². The normalized spacial score (nSPS) is 20.7. The monoisotopic (exact) mass is 326 g/mol. The van der Waals surface area contributed by atoms with Gasteiger partial charge < -0.3 is 9.47 Å². The maximum Gasteiger partial charge on any atom is 0.305 e. The summed E-state index contributed by atoms with van der Waals surface area (Å²) in [7, 11) is 0. The summed E-state index contributed by atoms with van der Waals surface area (Å²) in [6.07, 6.45) is 3.00. The van der Waals surface area contributed by atoms with Crippen LogP contribution in [0.3, 0.4) is 0 Å². The number of carbonyl (C=O) groups excluding carboxylic acids is 2. The van der Waals surface area contributed by atoms with Crippen molar-refractivity contribution in [2.75, 3.05) is 0 Å². The summed E-state index contributed by atoms with van der Waals surface area (Å²) in [5.74, 6) is -1.80. The van der Waals surface area contributed by atoms with Crippen LogP contribution in [0.25, 0.3) is 0 Å². The Balaban J connectivity index is 2.68. The van der Waals surface area contributed by atoms with Crippen molar-refractivity contribution in [1.29, 1.82) is 0 Å². The highest BCUT2D eigenvalue weighted by Crippen LogP contribution is 2.36. The van der Waals surface area contributed by atoms with Gasteiger partial charge in [-0.05, 0) is 12.8 Å². The van der Waals surface area contributed by atoms with E-state index in [0.717, 1.165) is 12.8 Å². The van der Waals surface area contributed by atoms with E-state index in [2.05, 4.69) is 22.6 Å². The molecule has 0 spiro atoms. The smallest absolute Gasteiger partial charge is 0.305 e. The molecule has 4 nitrogen and oxygen atoms in total. The van der Waals surface area contributed by atoms with E-state index in [-0.39, 0.29) is 0 Å². The van der Waals surface area contributed by atoms with Crippen molar-refractivity contribution >= 4 is 34.5 Å². The van der Waals surface area contributed by atoms with Gasteiger partial charge in [0.05, 0.1) is 0 Å². The van der Waals surface area contributed by atoms with Gasteiger partial charge in [0.25, 0.3) is 5.79 Å². The third kappa shape index (κ3) is 3.96. The van der Waals surface area contributed by atoms with Crippen LogP contribution in [0.15, 0.2) is 0 Å². The van der Waals surface area contributed by atoms with Gasteiger partial charge in [0.2, 0.25) is 0 Å². The highest BCUT2D eigenvalue weighted by molar-refractivity contribution is 14.1. The fourth-order valence-corrected chi connectivity index (χ4v) is 2.39. The molecule has 1 rings (SSSR count). The molecule has 0 unspecified atom stereocenters. The second-order valence-corrected chi connectivity index (χ2v) is 5.53. The molecule has 86 valence electrons. The van der Waals surface area contributed by atoms with Gasteiger partial charge in [0.15, 0.2) is 0 Å². The Morgan fingerprint density at radius 1 is 1.13 bits per heavy atom. The van der Waals surface area contributed by atoms with Crippen molar-refractivity contribution in [2.24, 2.45) is 0 Å². The molecule has 0 bridgehead atoms. The molecule has 0 aromatic carbocycles. The van der Waals surface area contributed by atoms with Crippen LogP contribution in [-0.4, -0.2) is 21.7 Å². The second kappa shape index (κ2) is 5.14. The molecule has 0 atom stereocenters. The lowest BCUT2D eigenvalue weighted by molar-refractivity contribution is -0.235. The number of rotatable bonds is 2. The van der Waals surface area contributed by atoms with Gasteiger partial charge >= 0.3 is 11.9 Å². The summed E-state index contributed by atoms with van der Waals surface area (Å²) in [6.45, 7) is 2.67. The lowest BCUT2D eigenvalue weighted by Gasteiger charge is -2.36. The minimum Gasteiger partial charge on any atom is -0.423 e. The summed E-state index contributed by atoms with van der Waals surface area (Å²) >= 11 is 2.36. The Bertz CT molecular complexity index is 238. The Morgan fingerprint density at radius 2 is 1.53 bits per heavy atom. The predicted octanol–water partition coefficient (Wildman–Crippen LogP) is 2.19. The Labute approximate surface area is 103 Å². The molecule has 0 aromatic heterocycles. The van der Waals surface area contributed by atoms with Crippen LogP contribution in [0.1, 0.15) is 39.5 Å². The van der Waals surface area contributed by atoms with Crippen molar-refractivity contribution < 1.29 is 19.1 Å². The lowest BCUT2D eigenvalue weighted by Crippen LogP contribution is -2.42. The first kappa shape index (κ1) is 12.7. The van der Waals surface area contributed by atoms with E-state index in [9.17, 15) is 9.59 Å². The average molecular weight is 326 g/mol. The maximum atomic E-state index is 11.0. The van der Waals surface area contributed by atoms with Crippen molar-refractivity contribution in [3.8, 4) is 0 Å². The minimum atomic E-state index is -1.00. The standard InChI is InChI=1S/C10H15IO4/c1-7(12)14-10(15-8(2)13)5-3-9(11)4-6-10/h9H,3-6H2,1-2H3. The van der Waals surface area contributed by atoms with Gasteiger partial charge in [0.1, 0.15) is 0 Å². The van der Waals surface area contributed by atoms with Crippen molar-refractivity contribution in [2.45, 2.75) is 49.2 Å². The van der Waals surface area contributed by atoms with Crippen LogP contribution >= 0.6 is 22.6 Å². The zero-order valence-corrected chi connectivity index (χ0v) is 11.1. The molecule has 1 fully saturated rings. The third-order valence-electron chi connectivity index (χ3n) is 2.34. The Kier molecular flexibility index (Phi) is 4.36. The van der Waals surface area contributed by atoms with E-state index in [0.29, 0.717) is 16.8 Å². The van der Waals surface area contributed by atoms with Crippen LogP contribution in [0.4, 0.5) is 0 Å². The molecule has 0 heterocycles. The molecule has 0 aliphatic heterocycles.